The summed E-state index contributed by atoms with van der Waals surface area (Å²) in [6, 6.07) is 6.08. The fourth-order valence-electron chi connectivity index (χ4n) is 4.06. The highest BCUT2D eigenvalue weighted by molar-refractivity contribution is 7.91. The second-order valence-corrected chi connectivity index (χ2v) is 10.1. The van der Waals surface area contributed by atoms with Crippen LogP contribution in [0.4, 0.5) is 11.5 Å². The van der Waals surface area contributed by atoms with Gasteiger partial charge in [-0.05, 0) is 37.3 Å². The number of carbonyl (C=O) groups is 1. The highest BCUT2D eigenvalue weighted by Crippen LogP contribution is 2.31. The summed E-state index contributed by atoms with van der Waals surface area (Å²) < 4.78 is 28.8. The molecule has 3 heterocycles. The monoisotopic (exact) mass is 403 g/mol. The van der Waals surface area contributed by atoms with Crippen molar-refractivity contribution >= 4 is 27.2 Å². The molecule has 4 rings (SSSR count). The predicted molar refractivity (Wildman–Crippen MR) is 106 cm³/mol. The zero-order chi connectivity index (χ0) is 19.9. The van der Waals surface area contributed by atoms with Crippen LogP contribution in [0.25, 0.3) is 0 Å². The van der Waals surface area contributed by atoms with Crippen LogP contribution >= 0.6 is 0 Å². The molecule has 0 bridgehead atoms. The van der Waals surface area contributed by atoms with Gasteiger partial charge in [-0.15, -0.1) is 0 Å². The summed E-state index contributed by atoms with van der Waals surface area (Å²) in [5.74, 6) is 1.73. The molecule has 1 aromatic heterocycles. The topological polar surface area (TPSA) is 92.5 Å². The quantitative estimate of drug-likeness (QED) is 0.844. The normalized spacial score (nSPS) is 20.8. The Morgan fingerprint density at radius 1 is 1.32 bits per heavy atom. The van der Waals surface area contributed by atoms with E-state index in [1.165, 1.54) is 0 Å². The minimum Gasteiger partial charge on any atom is -0.359 e. The molecule has 1 aromatic carbocycles. The molecule has 1 saturated heterocycles. The van der Waals surface area contributed by atoms with Crippen molar-refractivity contribution in [1.82, 2.24) is 10.1 Å². The number of rotatable bonds is 4. The average Bonchev–Trinajstić information content (AvgIpc) is 3.20. The summed E-state index contributed by atoms with van der Waals surface area (Å²) in [5.41, 5.74) is 4.13. The Morgan fingerprint density at radius 2 is 2.07 bits per heavy atom. The van der Waals surface area contributed by atoms with E-state index >= 15 is 0 Å². The Morgan fingerprint density at radius 3 is 2.75 bits per heavy atom. The second-order valence-electron chi connectivity index (χ2n) is 7.86. The Balaban J connectivity index is 1.48. The van der Waals surface area contributed by atoms with Crippen molar-refractivity contribution in [3.63, 3.8) is 0 Å². The molecule has 2 aliphatic heterocycles. The van der Waals surface area contributed by atoms with Crippen molar-refractivity contribution in [2.75, 3.05) is 23.4 Å². The van der Waals surface area contributed by atoms with E-state index in [-0.39, 0.29) is 23.3 Å². The van der Waals surface area contributed by atoms with E-state index in [0.29, 0.717) is 38.2 Å². The van der Waals surface area contributed by atoms with E-state index in [2.05, 4.69) is 10.5 Å². The lowest BCUT2D eigenvalue weighted by molar-refractivity contribution is -0.133. The zero-order valence-electron chi connectivity index (χ0n) is 16.2. The van der Waals surface area contributed by atoms with E-state index in [0.717, 1.165) is 28.1 Å². The third kappa shape index (κ3) is 3.78. The Hall–Kier alpha value is -2.35. The van der Waals surface area contributed by atoms with E-state index < -0.39 is 9.84 Å². The zero-order valence-corrected chi connectivity index (χ0v) is 17.0. The molecule has 0 saturated carbocycles. The number of aromatic nitrogens is 1. The largest absolute Gasteiger partial charge is 0.359 e. The number of benzene rings is 1. The molecule has 1 fully saturated rings. The number of para-hydroxylation sites is 1. The third-order valence-corrected chi connectivity index (χ3v) is 7.53. The van der Waals surface area contributed by atoms with Gasteiger partial charge in [-0.2, -0.15) is 0 Å². The van der Waals surface area contributed by atoms with E-state index in [4.69, 9.17) is 4.52 Å². The number of nitrogens with one attached hydrogen (secondary N) is 1. The van der Waals surface area contributed by atoms with Crippen molar-refractivity contribution in [1.29, 1.82) is 0 Å². The summed E-state index contributed by atoms with van der Waals surface area (Å²) in [6.07, 6.45) is 1.49. The first kappa shape index (κ1) is 19.0. The molecule has 1 amide bonds. The minimum atomic E-state index is -2.97. The highest BCUT2D eigenvalue weighted by atomic mass is 32.2. The second kappa shape index (κ2) is 7.24. The van der Waals surface area contributed by atoms with Gasteiger partial charge in [0.05, 0.1) is 23.6 Å². The molecule has 1 atom stereocenters. The summed E-state index contributed by atoms with van der Waals surface area (Å²) in [4.78, 5) is 14.5. The Bertz CT molecular complexity index is 992. The molecule has 150 valence electrons. The van der Waals surface area contributed by atoms with Crippen LogP contribution in [0.2, 0.25) is 0 Å². The van der Waals surface area contributed by atoms with Gasteiger partial charge in [0.2, 0.25) is 5.91 Å². The number of hydrogen-bond donors (Lipinski definition) is 1. The van der Waals surface area contributed by atoms with Gasteiger partial charge in [0.15, 0.2) is 15.7 Å². The first-order valence-electron chi connectivity index (χ1n) is 9.61. The molecular formula is C20H25N3O4S. The molecule has 7 nitrogen and oxygen atoms in total. The van der Waals surface area contributed by atoms with Crippen LogP contribution in [-0.4, -0.2) is 42.4 Å². The standard InChI is InChI=1S/C20H25N3O4S/c1-13-4-3-5-14(2)19(13)21-20-16-11-23(8-6-17(16)27-22-20)18(24)10-15-7-9-28(25,26)12-15/h3-5,15H,6-12H2,1-2H3,(H,21,22). The molecule has 8 heteroatoms. The van der Waals surface area contributed by atoms with Gasteiger partial charge in [0.25, 0.3) is 0 Å². The van der Waals surface area contributed by atoms with Crippen molar-refractivity contribution in [3.05, 3.63) is 40.6 Å². The first-order valence-corrected chi connectivity index (χ1v) is 11.4. The lowest BCUT2D eigenvalue weighted by Crippen LogP contribution is -2.36. The van der Waals surface area contributed by atoms with Gasteiger partial charge in [-0.25, -0.2) is 8.42 Å². The molecule has 0 radical (unpaired) electrons. The van der Waals surface area contributed by atoms with Crippen molar-refractivity contribution in [2.24, 2.45) is 5.92 Å². The summed E-state index contributed by atoms with van der Waals surface area (Å²) in [5, 5.41) is 7.56. The van der Waals surface area contributed by atoms with Crippen LogP contribution in [-0.2, 0) is 27.6 Å². The van der Waals surface area contributed by atoms with E-state index in [1.807, 2.05) is 32.0 Å². The maximum absolute atomic E-state index is 12.7. The molecule has 2 aromatic rings. The molecule has 1 N–H and O–H groups in total. The smallest absolute Gasteiger partial charge is 0.223 e. The fourth-order valence-corrected chi connectivity index (χ4v) is 5.92. The maximum Gasteiger partial charge on any atom is 0.223 e. The molecule has 0 spiro atoms. The summed E-state index contributed by atoms with van der Waals surface area (Å²) in [7, 11) is -2.97. The molecule has 2 aliphatic rings. The fraction of sp³-hybridized carbons (Fsp3) is 0.500. The lowest BCUT2D eigenvalue weighted by atomic mass is 10.0. The number of sulfone groups is 1. The molecular weight excluding hydrogens is 378 g/mol. The van der Waals surface area contributed by atoms with Gasteiger partial charge in [-0.1, -0.05) is 23.4 Å². The van der Waals surface area contributed by atoms with Crippen LogP contribution in [0.1, 0.15) is 35.3 Å². The SMILES string of the molecule is Cc1cccc(C)c1Nc1noc2c1CN(C(=O)CC1CCS(=O)(=O)C1)CC2. The molecule has 1 unspecified atom stereocenters. The number of amides is 1. The molecule has 0 aliphatic carbocycles. The van der Waals surface area contributed by atoms with Gasteiger partial charge in [0, 0.05) is 25.1 Å². The Labute approximate surface area is 165 Å². The van der Waals surface area contributed by atoms with Crippen molar-refractivity contribution < 1.29 is 17.7 Å². The van der Waals surface area contributed by atoms with Crippen LogP contribution in [0.3, 0.4) is 0 Å². The van der Waals surface area contributed by atoms with Crippen LogP contribution in [0, 0.1) is 19.8 Å². The number of nitrogens with zero attached hydrogens (tertiary/aromatic N) is 2. The minimum absolute atomic E-state index is 0.00646. The number of fused-ring (bicyclic) bond motifs is 1. The number of carbonyl (C=O) groups excluding carboxylic acids is 1. The summed E-state index contributed by atoms with van der Waals surface area (Å²) >= 11 is 0. The first-order chi connectivity index (χ1) is 13.3. The lowest BCUT2D eigenvalue weighted by Gasteiger charge is -2.27. The highest BCUT2D eigenvalue weighted by Gasteiger charge is 2.33. The Kier molecular flexibility index (Phi) is 4.91. The van der Waals surface area contributed by atoms with E-state index in [9.17, 15) is 13.2 Å². The van der Waals surface area contributed by atoms with Crippen LogP contribution in [0.15, 0.2) is 22.7 Å². The maximum atomic E-state index is 12.7. The summed E-state index contributed by atoms with van der Waals surface area (Å²) in [6.45, 7) is 5.08. The van der Waals surface area contributed by atoms with E-state index in [1.54, 1.807) is 4.90 Å². The van der Waals surface area contributed by atoms with Crippen LogP contribution in [0.5, 0.6) is 0 Å². The molecule has 28 heavy (non-hydrogen) atoms. The number of anilines is 2. The van der Waals surface area contributed by atoms with Crippen LogP contribution < -0.4 is 5.32 Å². The number of hydrogen-bond acceptors (Lipinski definition) is 6. The van der Waals surface area contributed by atoms with Gasteiger partial charge in [-0.3, -0.25) is 4.79 Å². The van der Waals surface area contributed by atoms with Gasteiger partial charge < -0.3 is 14.7 Å². The van der Waals surface area contributed by atoms with Crippen molar-refractivity contribution in [3.8, 4) is 0 Å². The van der Waals surface area contributed by atoms with Gasteiger partial charge >= 0.3 is 0 Å². The number of aryl methyl sites for hydroxylation is 2. The average molecular weight is 404 g/mol. The van der Waals surface area contributed by atoms with Gasteiger partial charge in [0.1, 0.15) is 5.76 Å². The third-order valence-electron chi connectivity index (χ3n) is 5.69. The van der Waals surface area contributed by atoms with Crippen molar-refractivity contribution in [2.45, 2.75) is 39.7 Å². The predicted octanol–water partition coefficient (Wildman–Crippen LogP) is 2.74.